The second-order valence-corrected chi connectivity index (χ2v) is 9.92. The second-order valence-electron chi connectivity index (χ2n) is 8.48. The third kappa shape index (κ3) is 5.65. The highest BCUT2D eigenvalue weighted by molar-refractivity contribution is 7.17. The Balaban J connectivity index is 1.43. The number of para-hydroxylation sites is 1. The van der Waals surface area contributed by atoms with Crippen LogP contribution in [0, 0.1) is 13.8 Å². The first-order valence-electron chi connectivity index (χ1n) is 11.5. The van der Waals surface area contributed by atoms with Gasteiger partial charge < -0.3 is 15.5 Å². The Labute approximate surface area is 209 Å². The number of nitrogens with one attached hydrogen (secondary N) is 2. The monoisotopic (exact) mass is 499 g/mol. The van der Waals surface area contributed by atoms with Crippen LogP contribution in [0.3, 0.4) is 0 Å². The van der Waals surface area contributed by atoms with Crippen LogP contribution >= 0.6 is 22.9 Å². The maximum Gasteiger partial charge on any atom is 0.267 e. The third-order valence-corrected chi connectivity index (χ3v) is 7.33. The largest absolute Gasteiger partial charge is 0.354 e. The topological polar surface area (TPSA) is 86.3 Å². The molecule has 0 bridgehead atoms. The number of hydrogen-bond donors (Lipinski definition) is 2. The molecule has 1 amide bonds. The second kappa shape index (κ2) is 10.7. The Morgan fingerprint density at radius 3 is 2.68 bits per heavy atom. The molecule has 34 heavy (non-hydrogen) atoms. The Kier molecular flexibility index (Phi) is 7.65. The van der Waals surface area contributed by atoms with Crippen LogP contribution < -0.4 is 15.5 Å². The fourth-order valence-corrected chi connectivity index (χ4v) is 4.93. The maximum absolute atomic E-state index is 12.7. The van der Waals surface area contributed by atoms with Gasteiger partial charge in [-0.2, -0.15) is 0 Å². The van der Waals surface area contributed by atoms with E-state index < -0.39 is 0 Å². The molecular weight excluding hydrogens is 470 g/mol. The molecule has 2 aromatic heterocycles. The van der Waals surface area contributed by atoms with Crippen molar-refractivity contribution in [2.45, 2.75) is 40.2 Å². The number of piperazine rings is 1. The van der Waals surface area contributed by atoms with Gasteiger partial charge in [0.05, 0.1) is 16.9 Å². The van der Waals surface area contributed by atoms with Crippen molar-refractivity contribution in [1.82, 2.24) is 19.9 Å². The van der Waals surface area contributed by atoms with Crippen LogP contribution in [0.5, 0.6) is 0 Å². The predicted octanol–water partition coefficient (Wildman–Crippen LogP) is 5.12. The van der Waals surface area contributed by atoms with Gasteiger partial charge in [0.15, 0.2) is 5.13 Å². The molecule has 10 heteroatoms. The van der Waals surface area contributed by atoms with E-state index in [0.717, 1.165) is 44.0 Å². The predicted molar refractivity (Wildman–Crippen MR) is 140 cm³/mol. The van der Waals surface area contributed by atoms with Crippen molar-refractivity contribution in [3.05, 3.63) is 51.7 Å². The van der Waals surface area contributed by atoms with Crippen LogP contribution in [0.4, 0.5) is 22.5 Å². The van der Waals surface area contributed by atoms with Crippen LogP contribution in [-0.2, 0) is 0 Å². The molecule has 1 fully saturated rings. The molecule has 4 rings (SSSR count). The molecule has 0 spiro atoms. The van der Waals surface area contributed by atoms with Crippen molar-refractivity contribution in [1.29, 1.82) is 0 Å². The fraction of sp³-hybridized carbons (Fsp3) is 0.417. The van der Waals surface area contributed by atoms with Gasteiger partial charge in [0.2, 0.25) is 0 Å². The van der Waals surface area contributed by atoms with Gasteiger partial charge in [-0.25, -0.2) is 15.0 Å². The first kappa shape index (κ1) is 24.4. The summed E-state index contributed by atoms with van der Waals surface area (Å²) in [4.78, 5) is 31.6. The highest BCUT2D eigenvalue weighted by atomic mass is 35.5. The van der Waals surface area contributed by atoms with Crippen LogP contribution in [0.15, 0.2) is 30.5 Å². The molecule has 8 nitrogen and oxygen atoms in total. The van der Waals surface area contributed by atoms with E-state index in [-0.39, 0.29) is 5.91 Å². The number of anilines is 4. The van der Waals surface area contributed by atoms with E-state index in [9.17, 15) is 4.79 Å². The zero-order valence-electron chi connectivity index (χ0n) is 19.9. The molecule has 3 heterocycles. The molecule has 0 radical (unpaired) electrons. The normalized spacial score (nSPS) is 15.3. The molecular formula is C24H30ClN7OS. The number of amides is 1. The van der Waals surface area contributed by atoms with E-state index in [0.29, 0.717) is 38.4 Å². The van der Waals surface area contributed by atoms with Crippen molar-refractivity contribution in [2.75, 3.05) is 41.7 Å². The number of hydrogen-bond acceptors (Lipinski definition) is 8. The number of carbonyl (C=O) groups is 1. The molecule has 1 saturated heterocycles. The summed E-state index contributed by atoms with van der Waals surface area (Å²) in [6.45, 7) is 12.2. The first-order valence-corrected chi connectivity index (χ1v) is 12.7. The zero-order chi connectivity index (χ0) is 24.2. The van der Waals surface area contributed by atoms with Gasteiger partial charge in [-0.05, 0) is 38.8 Å². The Morgan fingerprint density at radius 2 is 1.97 bits per heavy atom. The van der Waals surface area contributed by atoms with E-state index in [1.807, 2.05) is 32.0 Å². The number of thiazole rings is 1. The van der Waals surface area contributed by atoms with Crippen LogP contribution in [0.2, 0.25) is 5.02 Å². The zero-order valence-corrected chi connectivity index (χ0v) is 21.5. The number of benzene rings is 1. The minimum absolute atomic E-state index is 0.250. The molecule has 1 unspecified atom stereocenters. The summed E-state index contributed by atoms with van der Waals surface area (Å²) in [5.41, 5.74) is 1.51. The smallest absolute Gasteiger partial charge is 0.267 e. The highest BCUT2D eigenvalue weighted by Crippen LogP contribution is 2.28. The van der Waals surface area contributed by atoms with Crippen molar-refractivity contribution in [2.24, 2.45) is 0 Å². The average molecular weight is 500 g/mol. The van der Waals surface area contributed by atoms with Gasteiger partial charge in [-0.15, -0.1) is 0 Å². The van der Waals surface area contributed by atoms with E-state index in [1.165, 1.54) is 11.3 Å². The standard InChI is InChI=1S/C24H30ClN7OS/c1-5-16(3)31-9-11-32(12-10-31)21-13-20(27-17(4)28-21)29-24-26-14-19(34-24)23(33)30-22-15(2)7-6-8-18(22)25/h6-8,13-14,16H,5,9-12H2,1-4H3,(H,30,33)(H,26,27,28,29). The van der Waals surface area contributed by atoms with Crippen molar-refractivity contribution >= 4 is 51.3 Å². The van der Waals surface area contributed by atoms with E-state index >= 15 is 0 Å². The lowest BCUT2D eigenvalue weighted by Crippen LogP contribution is -2.49. The molecule has 2 N–H and O–H groups in total. The first-order chi connectivity index (χ1) is 16.3. The number of aryl methyl sites for hydroxylation is 2. The van der Waals surface area contributed by atoms with Crippen LogP contribution in [0.25, 0.3) is 0 Å². The summed E-state index contributed by atoms with van der Waals surface area (Å²) in [6, 6.07) is 8.06. The Bertz CT molecular complexity index is 1140. The fourth-order valence-electron chi connectivity index (χ4n) is 3.94. The summed E-state index contributed by atoms with van der Waals surface area (Å²) in [6.07, 6.45) is 2.71. The van der Waals surface area contributed by atoms with Gasteiger partial charge in [0.1, 0.15) is 22.3 Å². The van der Waals surface area contributed by atoms with Crippen molar-refractivity contribution in [3.8, 4) is 0 Å². The number of aromatic nitrogens is 3. The van der Waals surface area contributed by atoms with E-state index in [4.69, 9.17) is 11.6 Å². The van der Waals surface area contributed by atoms with Gasteiger partial charge in [-0.3, -0.25) is 9.69 Å². The van der Waals surface area contributed by atoms with Gasteiger partial charge in [-0.1, -0.05) is 42.0 Å². The molecule has 1 aliphatic heterocycles. The summed E-state index contributed by atoms with van der Waals surface area (Å²) in [7, 11) is 0. The Morgan fingerprint density at radius 1 is 1.21 bits per heavy atom. The van der Waals surface area contributed by atoms with Crippen molar-refractivity contribution < 1.29 is 4.79 Å². The molecule has 3 aromatic rings. The lowest BCUT2D eigenvalue weighted by Gasteiger charge is -2.38. The minimum Gasteiger partial charge on any atom is -0.354 e. The molecule has 180 valence electrons. The van der Waals surface area contributed by atoms with E-state index in [1.54, 1.807) is 12.3 Å². The summed E-state index contributed by atoms with van der Waals surface area (Å²) in [5, 5.41) is 7.21. The third-order valence-electron chi connectivity index (χ3n) is 6.10. The van der Waals surface area contributed by atoms with Crippen LogP contribution in [-0.4, -0.2) is 58.0 Å². The number of carbonyl (C=O) groups excluding carboxylic acids is 1. The molecule has 1 aromatic carbocycles. The minimum atomic E-state index is -0.250. The lowest BCUT2D eigenvalue weighted by atomic mass is 10.2. The lowest BCUT2D eigenvalue weighted by molar-refractivity contribution is 0.103. The van der Waals surface area contributed by atoms with Gasteiger partial charge in [0.25, 0.3) is 5.91 Å². The molecule has 1 atom stereocenters. The number of nitrogens with zero attached hydrogens (tertiary/aromatic N) is 5. The van der Waals surface area contributed by atoms with Crippen LogP contribution in [0.1, 0.15) is 41.3 Å². The molecule has 0 saturated carbocycles. The number of rotatable bonds is 7. The maximum atomic E-state index is 12.7. The van der Waals surface area contributed by atoms with Gasteiger partial charge in [0, 0.05) is 38.3 Å². The molecule has 0 aliphatic carbocycles. The average Bonchev–Trinajstić information content (AvgIpc) is 3.29. The quantitative estimate of drug-likeness (QED) is 0.466. The Hall–Kier alpha value is -2.75. The SMILES string of the molecule is CCC(C)N1CCN(c2cc(Nc3ncc(C(=O)Nc4c(C)cccc4Cl)s3)nc(C)n2)CC1. The van der Waals surface area contributed by atoms with E-state index in [2.05, 4.69) is 49.2 Å². The van der Waals surface area contributed by atoms with Crippen molar-refractivity contribution in [3.63, 3.8) is 0 Å². The van der Waals surface area contributed by atoms with Gasteiger partial charge >= 0.3 is 0 Å². The molecule has 1 aliphatic rings. The number of halogens is 1. The summed E-state index contributed by atoms with van der Waals surface area (Å²) < 4.78 is 0. The highest BCUT2D eigenvalue weighted by Gasteiger charge is 2.22. The summed E-state index contributed by atoms with van der Waals surface area (Å²) in [5.74, 6) is 2.01. The summed E-state index contributed by atoms with van der Waals surface area (Å²) >= 11 is 7.50.